The zero-order chi connectivity index (χ0) is 22.6. The van der Waals surface area contributed by atoms with Crippen molar-refractivity contribution in [1.29, 1.82) is 0 Å². The quantitative estimate of drug-likeness (QED) is 0.491. The molecule has 0 radical (unpaired) electrons. The lowest BCUT2D eigenvalue weighted by molar-refractivity contribution is -0.152. The molecule has 31 heavy (non-hydrogen) atoms. The van der Waals surface area contributed by atoms with Crippen LogP contribution in [0.3, 0.4) is 0 Å². The molecule has 0 bridgehead atoms. The first-order valence-electron chi connectivity index (χ1n) is 9.81. The van der Waals surface area contributed by atoms with Gasteiger partial charge in [0, 0.05) is 36.9 Å². The van der Waals surface area contributed by atoms with E-state index in [0.717, 1.165) is 4.90 Å². The van der Waals surface area contributed by atoms with E-state index in [-0.39, 0.29) is 24.7 Å². The van der Waals surface area contributed by atoms with Crippen LogP contribution in [0, 0.1) is 12.8 Å². The van der Waals surface area contributed by atoms with Crippen LogP contribution < -0.4 is 5.32 Å². The topological polar surface area (TPSA) is 111 Å². The number of hydrogen-bond acceptors (Lipinski definition) is 7. The van der Waals surface area contributed by atoms with E-state index in [2.05, 4.69) is 10.3 Å². The number of imidazole rings is 1. The molecule has 1 aromatic heterocycles. The Morgan fingerprint density at radius 3 is 2.61 bits per heavy atom. The minimum absolute atomic E-state index is 0.00994. The number of carbonyl (C=O) groups is 2. The van der Waals surface area contributed by atoms with Crippen LogP contribution in [-0.2, 0) is 31.4 Å². The summed E-state index contributed by atoms with van der Waals surface area (Å²) in [6, 6.07) is 7.37. The van der Waals surface area contributed by atoms with E-state index in [4.69, 9.17) is 4.74 Å². The third-order valence-electron chi connectivity index (χ3n) is 5.18. The van der Waals surface area contributed by atoms with Gasteiger partial charge in [0.15, 0.2) is 11.6 Å². The number of thioether (sulfide) groups is 1. The molecule has 168 valence electrons. The number of sulfonamides is 1. The maximum atomic E-state index is 12.7. The smallest absolute Gasteiger partial charge is 0.309 e. The van der Waals surface area contributed by atoms with Gasteiger partial charge in [0.25, 0.3) is 15.9 Å². The summed E-state index contributed by atoms with van der Waals surface area (Å²) in [7, 11) is -1.96. The number of rotatable bonds is 7. The molecule has 1 saturated heterocycles. The molecule has 0 atom stereocenters. The molecule has 1 N–H and O–H groups in total. The SMILES string of the molecule is CSc1cccc(NC(=O)COC(=O)C2CCN(S(=O)(=O)c3cn(C)c(C)n3)CC2)c1. The summed E-state index contributed by atoms with van der Waals surface area (Å²) in [6.45, 7) is 1.75. The maximum Gasteiger partial charge on any atom is 0.309 e. The molecule has 3 rings (SSSR count). The first kappa shape index (κ1) is 23.3. The number of ether oxygens (including phenoxy) is 1. The number of piperidine rings is 1. The fraction of sp³-hybridized carbons (Fsp3) is 0.450. The largest absolute Gasteiger partial charge is 0.455 e. The third-order valence-corrected chi connectivity index (χ3v) is 7.67. The monoisotopic (exact) mass is 466 g/mol. The first-order valence-corrected chi connectivity index (χ1v) is 12.5. The van der Waals surface area contributed by atoms with Gasteiger partial charge in [0.2, 0.25) is 0 Å². The Hall–Kier alpha value is -2.37. The Kier molecular flexibility index (Phi) is 7.39. The van der Waals surface area contributed by atoms with E-state index in [0.29, 0.717) is 24.4 Å². The summed E-state index contributed by atoms with van der Waals surface area (Å²) in [5, 5.41) is 2.71. The number of amides is 1. The Balaban J connectivity index is 1.48. The third kappa shape index (κ3) is 5.66. The molecule has 1 fully saturated rings. The highest BCUT2D eigenvalue weighted by molar-refractivity contribution is 7.98. The number of aryl methyl sites for hydroxylation is 2. The van der Waals surface area contributed by atoms with Crippen molar-refractivity contribution in [3.05, 3.63) is 36.3 Å². The predicted octanol–water partition coefficient (Wildman–Crippen LogP) is 2.03. The molecule has 2 aromatic rings. The van der Waals surface area contributed by atoms with E-state index in [1.54, 1.807) is 36.4 Å². The molecule has 1 aliphatic heterocycles. The van der Waals surface area contributed by atoms with Gasteiger partial charge >= 0.3 is 5.97 Å². The van der Waals surface area contributed by atoms with Gasteiger partial charge in [-0.05, 0) is 44.2 Å². The fourth-order valence-electron chi connectivity index (χ4n) is 3.27. The second kappa shape index (κ2) is 9.84. The molecule has 0 aliphatic carbocycles. The number of hydrogen-bond donors (Lipinski definition) is 1. The summed E-state index contributed by atoms with van der Waals surface area (Å²) < 4.78 is 33.6. The van der Waals surface area contributed by atoms with Crippen LogP contribution in [-0.4, -0.2) is 60.1 Å². The van der Waals surface area contributed by atoms with Crippen LogP contribution in [0.15, 0.2) is 40.4 Å². The summed E-state index contributed by atoms with van der Waals surface area (Å²) in [6.07, 6.45) is 4.09. The summed E-state index contributed by atoms with van der Waals surface area (Å²) >= 11 is 1.56. The van der Waals surface area contributed by atoms with Crippen molar-refractivity contribution < 1.29 is 22.7 Å². The van der Waals surface area contributed by atoms with Gasteiger partial charge in [-0.15, -0.1) is 11.8 Å². The molecule has 0 unspecified atom stereocenters. The minimum Gasteiger partial charge on any atom is -0.455 e. The molecule has 9 nitrogen and oxygen atoms in total. The lowest BCUT2D eigenvalue weighted by atomic mass is 9.98. The van der Waals surface area contributed by atoms with E-state index < -0.39 is 27.8 Å². The Morgan fingerprint density at radius 1 is 1.29 bits per heavy atom. The van der Waals surface area contributed by atoms with Gasteiger partial charge in [0.05, 0.1) is 5.92 Å². The summed E-state index contributed by atoms with van der Waals surface area (Å²) in [5.41, 5.74) is 0.635. The van der Waals surface area contributed by atoms with Crippen LogP contribution in [0.1, 0.15) is 18.7 Å². The van der Waals surface area contributed by atoms with E-state index in [1.807, 2.05) is 24.5 Å². The second-order valence-corrected chi connectivity index (χ2v) is 10.1. The van der Waals surface area contributed by atoms with Crippen LogP contribution in [0.5, 0.6) is 0 Å². The minimum atomic E-state index is -3.70. The average molecular weight is 467 g/mol. The van der Waals surface area contributed by atoms with Crippen LogP contribution in [0.4, 0.5) is 5.69 Å². The Labute approximate surface area is 186 Å². The van der Waals surface area contributed by atoms with Gasteiger partial charge in [0.1, 0.15) is 5.82 Å². The highest BCUT2D eigenvalue weighted by atomic mass is 32.2. The van der Waals surface area contributed by atoms with Gasteiger partial charge in [-0.1, -0.05) is 6.07 Å². The number of esters is 1. The molecular formula is C20H26N4O5S2. The van der Waals surface area contributed by atoms with Crippen molar-refractivity contribution in [2.75, 3.05) is 31.3 Å². The number of aromatic nitrogens is 2. The normalized spacial score (nSPS) is 15.6. The molecular weight excluding hydrogens is 440 g/mol. The Morgan fingerprint density at radius 2 is 2.00 bits per heavy atom. The highest BCUT2D eigenvalue weighted by Gasteiger charge is 2.34. The summed E-state index contributed by atoms with van der Waals surface area (Å²) in [4.78, 5) is 29.5. The molecule has 1 amide bonds. The van der Waals surface area contributed by atoms with Crippen LogP contribution in [0.25, 0.3) is 0 Å². The molecule has 11 heteroatoms. The van der Waals surface area contributed by atoms with Gasteiger partial charge in [-0.2, -0.15) is 4.31 Å². The second-order valence-electron chi connectivity index (χ2n) is 7.30. The van der Waals surface area contributed by atoms with Crippen LogP contribution >= 0.6 is 11.8 Å². The van der Waals surface area contributed by atoms with Gasteiger partial charge in [-0.25, -0.2) is 13.4 Å². The molecule has 1 aromatic carbocycles. The number of nitrogens with one attached hydrogen (secondary N) is 1. The maximum absolute atomic E-state index is 12.7. The van der Waals surface area contributed by atoms with E-state index >= 15 is 0 Å². The summed E-state index contributed by atoms with van der Waals surface area (Å²) in [5.74, 6) is -0.740. The molecule has 1 aliphatic rings. The first-order chi connectivity index (χ1) is 14.7. The molecule has 0 spiro atoms. The van der Waals surface area contributed by atoms with Crippen molar-refractivity contribution >= 4 is 39.3 Å². The lowest BCUT2D eigenvalue weighted by Gasteiger charge is -2.29. The average Bonchev–Trinajstić information content (AvgIpc) is 3.11. The highest BCUT2D eigenvalue weighted by Crippen LogP contribution is 2.24. The number of anilines is 1. The van der Waals surface area contributed by atoms with Crippen molar-refractivity contribution in [2.24, 2.45) is 13.0 Å². The number of nitrogens with zero attached hydrogens (tertiary/aromatic N) is 3. The Bertz CT molecular complexity index is 1040. The van der Waals surface area contributed by atoms with E-state index in [9.17, 15) is 18.0 Å². The van der Waals surface area contributed by atoms with Crippen molar-refractivity contribution in [2.45, 2.75) is 29.7 Å². The number of benzene rings is 1. The standard InChI is InChI=1S/C20H26N4O5S2/c1-14-21-19(12-23(14)2)31(27,28)24-9-7-15(8-10-24)20(26)29-13-18(25)22-16-5-4-6-17(11-16)30-3/h4-6,11-12,15H,7-10,13H2,1-3H3,(H,22,25). The van der Waals surface area contributed by atoms with E-state index in [1.165, 1.54) is 10.5 Å². The van der Waals surface area contributed by atoms with Gasteiger partial charge in [-0.3, -0.25) is 9.59 Å². The fourth-order valence-corrected chi connectivity index (χ4v) is 5.22. The predicted molar refractivity (Wildman–Crippen MR) is 117 cm³/mol. The molecule has 2 heterocycles. The zero-order valence-electron chi connectivity index (χ0n) is 17.7. The lowest BCUT2D eigenvalue weighted by Crippen LogP contribution is -2.41. The van der Waals surface area contributed by atoms with Gasteiger partial charge < -0.3 is 14.6 Å². The number of carbonyl (C=O) groups excluding carboxylic acids is 2. The molecule has 0 saturated carbocycles. The zero-order valence-corrected chi connectivity index (χ0v) is 19.3. The van der Waals surface area contributed by atoms with Crippen molar-refractivity contribution in [3.8, 4) is 0 Å². The van der Waals surface area contributed by atoms with Crippen LogP contribution in [0.2, 0.25) is 0 Å². The van der Waals surface area contributed by atoms with Crippen molar-refractivity contribution in [1.82, 2.24) is 13.9 Å². The van der Waals surface area contributed by atoms with Crippen molar-refractivity contribution in [3.63, 3.8) is 0 Å².